The molecule has 1 saturated heterocycles. The molecular weight excluding hydrogens is 704 g/mol. The van der Waals surface area contributed by atoms with E-state index in [0.717, 1.165) is 22.9 Å². The van der Waals surface area contributed by atoms with Crippen LogP contribution in [-0.4, -0.2) is 77.9 Å². The highest BCUT2D eigenvalue weighted by Gasteiger charge is 2.62. The van der Waals surface area contributed by atoms with Crippen LogP contribution >= 0.6 is 22.9 Å². The van der Waals surface area contributed by atoms with E-state index in [1.54, 1.807) is 20.8 Å². The van der Waals surface area contributed by atoms with Crippen molar-refractivity contribution in [3.8, 4) is 0 Å². The number of benzene rings is 1. The summed E-state index contributed by atoms with van der Waals surface area (Å²) in [5.41, 5.74) is -2.39. The van der Waals surface area contributed by atoms with Gasteiger partial charge in [-0.1, -0.05) is 54.8 Å². The third-order valence-corrected chi connectivity index (χ3v) is 13.1. The number of carbonyl (C=O) groups excluding carboxylic acids is 5. The predicted molar refractivity (Wildman–Crippen MR) is 189 cm³/mol. The highest BCUT2D eigenvalue weighted by Crippen LogP contribution is 2.46. The van der Waals surface area contributed by atoms with Crippen LogP contribution in [-0.2, 0) is 33.9 Å². The van der Waals surface area contributed by atoms with E-state index in [9.17, 15) is 32.4 Å². The second-order valence-corrected chi connectivity index (χ2v) is 18.1. The maximum absolute atomic E-state index is 14.3. The number of nitrogens with zero attached hydrogens (tertiary/aromatic N) is 1. The van der Waals surface area contributed by atoms with Crippen molar-refractivity contribution in [2.75, 3.05) is 6.54 Å². The van der Waals surface area contributed by atoms with Crippen molar-refractivity contribution in [3.05, 3.63) is 46.3 Å². The summed E-state index contributed by atoms with van der Waals surface area (Å²) < 4.78 is 34.2. The molecule has 1 aromatic carbocycles. The smallest absolute Gasteiger partial charge is 0.319 e. The van der Waals surface area contributed by atoms with Crippen LogP contribution in [0, 0.1) is 11.8 Å². The molecule has 15 heteroatoms. The van der Waals surface area contributed by atoms with Gasteiger partial charge in [0, 0.05) is 28.6 Å². The van der Waals surface area contributed by atoms with E-state index in [4.69, 9.17) is 16.3 Å². The Morgan fingerprint density at radius 1 is 1.08 bits per heavy atom. The normalized spacial score (nSPS) is 28.4. The minimum Gasteiger partial charge on any atom is -0.459 e. The fraction of sp³-hybridized carbons (Fsp3) is 0.571. The van der Waals surface area contributed by atoms with Gasteiger partial charge in [-0.2, -0.15) is 0 Å². The molecule has 0 radical (unpaired) electrons. The van der Waals surface area contributed by atoms with Gasteiger partial charge in [-0.3, -0.25) is 28.7 Å². The van der Waals surface area contributed by atoms with Crippen molar-refractivity contribution >= 4 is 72.6 Å². The quantitative estimate of drug-likeness (QED) is 0.225. The molecular formula is C35H43ClN4O8S2. The summed E-state index contributed by atoms with van der Waals surface area (Å²) >= 11 is 7.81. The van der Waals surface area contributed by atoms with Crippen molar-refractivity contribution < 1.29 is 37.1 Å². The van der Waals surface area contributed by atoms with Crippen LogP contribution in [0.1, 0.15) is 88.2 Å². The van der Waals surface area contributed by atoms with E-state index in [2.05, 4.69) is 15.4 Å². The molecule has 2 saturated carbocycles. The molecule has 4 amide bonds. The number of allylic oxidation sites excluding steroid dienone is 1. The molecule has 0 unspecified atom stereocenters. The Morgan fingerprint density at radius 3 is 2.52 bits per heavy atom. The molecule has 50 heavy (non-hydrogen) atoms. The van der Waals surface area contributed by atoms with Crippen molar-refractivity contribution in [3.63, 3.8) is 0 Å². The number of hydrogen-bond acceptors (Lipinski definition) is 9. The Labute approximate surface area is 300 Å². The number of sulfonamides is 1. The lowest BCUT2D eigenvalue weighted by Gasteiger charge is -2.30. The average Bonchev–Trinajstić information content (AvgIpc) is 3.94. The van der Waals surface area contributed by atoms with Gasteiger partial charge in [0.2, 0.25) is 21.8 Å². The lowest BCUT2D eigenvalue weighted by atomic mass is 9.98. The van der Waals surface area contributed by atoms with Crippen molar-refractivity contribution in [1.29, 1.82) is 0 Å². The molecule has 2 aliphatic heterocycles. The van der Waals surface area contributed by atoms with E-state index in [0.29, 0.717) is 35.6 Å². The zero-order valence-corrected chi connectivity index (χ0v) is 30.7. The van der Waals surface area contributed by atoms with Crippen molar-refractivity contribution in [2.45, 2.75) is 107 Å². The number of fused-ring (bicyclic) bond motifs is 3. The Hall–Kier alpha value is -3.49. The number of carbonyl (C=O) groups is 5. The van der Waals surface area contributed by atoms with E-state index in [-0.39, 0.29) is 25.8 Å². The van der Waals surface area contributed by atoms with E-state index in [1.807, 2.05) is 36.4 Å². The minimum atomic E-state index is -3.90. The summed E-state index contributed by atoms with van der Waals surface area (Å²) in [4.78, 5) is 70.7. The number of nitrogens with one attached hydrogen (secondary N) is 3. The molecule has 2 aliphatic carbocycles. The molecule has 3 N–H and O–H groups in total. The van der Waals surface area contributed by atoms with Gasteiger partial charge in [0.25, 0.3) is 11.8 Å². The highest BCUT2D eigenvalue weighted by atomic mass is 35.5. The summed E-state index contributed by atoms with van der Waals surface area (Å²) in [6.45, 7) is 5.06. The maximum atomic E-state index is 14.3. The van der Waals surface area contributed by atoms with Crippen LogP contribution in [0.2, 0.25) is 5.02 Å². The van der Waals surface area contributed by atoms with Crippen molar-refractivity contribution in [1.82, 2.24) is 20.3 Å². The van der Waals surface area contributed by atoms with Gasteiger partial charge in [-0.15, -0.1) is 11.3 Å². The minimum absolute atomic E-state index is 0.00849. The number of amides is 4. The molecule has 0 bridgehead atoms. The fourth-order valence-electron chi connectivity index (χ4n) is 6.77. The van der Waals surface area contributed by atoms with Gasteiger partial charge in [0.05, 0.1) is 10.3 Å². The Morgan fingerprint density at radius 2 is 1.82 bits per heavy atom. The third-order valence-electron chi connectivity index (χ3n) is 9.65. The number of halogens is 1. The van der Waals surface area contributed by atoms with E-state index >= 15 is 0 Å². The van der Waals surface area contributed by atoms with Gasteiger partial charge in [0.15, 0.2) is 0 Å². The molecule has 12 nitrogen and oxygen atoms in total. The van der Waals surface area contributed by atoms with Gasteiger partial charge < -0.3 is 20.3 Å². The third kappa shape index (κ3) is 7.71. The lowest BCUT2D eigenvalue weighted by Crippen LogP contribution is -2.57. The molecule has 5 atom stereocenters. The van der Waals surface area contributed by atoms with E-state index < -0.39 is 79.9 Å². The second kappa shape index (κ2) is 13.9. The summed E-state index contributed by atoms with van der Waals surface area (Å²) in [5, 5.41) is 6.15. The van der Waals surface area contributed by atoms with Crippen LogP contribution in [0.3, 0.4) is 0 Å². The van der Waals surface area contributed by atoms with Crippen LogP contribution in [0.5, 0.6) is 0 Å². The first kappa shape index (κ1) is 36.3. The van der Waals surface area contributed by atoms with Crippen LogP contribution in [0.4, 0.5) is 0 Å². The number of esters is 1. The largest absolute Gasteiger partial charge is 0.459 e. The maximum Gasteiger partial charge on any atom is 0.319 e. The Kier molecular flexibility index (Phi) is 10.1. The van der Waals surface area contributed by atoms with Crippen LogP contribution < -0.4 is 15.4 Å². The molecule has 1 aromatic heterocycles. The first-order valence-corrected chi connectivity index (χ1v) is 19.9. The van der Waals surface area contributed by atoms with Gasteiger partial charge in [0.1, 0.15) is 28.0 Å². The predicted octanol–water partition coefficient (Wildman–Crippen LogP) is 4.22. The summed E-state index contributed by atoms with van der Waals surface area (Å²) in [5.74, 6) is -4.90. The molecule has 3 fully saturated rings. The Balaban J connectivity index is 1.30. The topological polar surface area (TPSA) is 168 Å². The Bertz CT molecular complexity index is 1850. The highest BCUT2D eigenvalue weighted by molar-refractivity contribution is 7.91. The summed E-state index contributed by atoms with van der Waals surface area (Å²) in [6.07, 6.45) is 7.80. The lowest BCUT2D eigenvalue weighted by molar-refractivity contribution is -0.166. The SMILES string of the molecule is CC(C)(C)OC(=O)[C@H]1CCCCC/C=C\[C@@H]2C[C@@]2(C(=O)NS(=O)(=O)C2CC2)NC(=O)[C@@H]2C[C@@H](NC(=O)c3sc4ccccc4c3Cl)CN2C1=O. The number of rotatable bonds is 6. The summed E-state index contributed by atoms with van der Waals surface area (Å²) in [7, 11) is -3.90. The van der Waals surface area contributed by atoms with Crippen LogP contribution in [0.15, 0.2) is 36.4 Å². The van der Waals surface area contributed by atoms with E-state index in [1.165, 1.54) is 16.2 Å². The zero-order chi connectivity index (χ0) is 36.0. The number of thiophene rings is 1. The molecule has 0 spiro atoms. The molecule has 3 heterocycles. The first-order valence-electron chi connectivity index (χ1n) is 17.2. The molecule has 270 valence electrons. The van der Waals surface area contributed by atoms with Gasteiger partial charge in [-0.25, -0.2) is 8.42 Å². The molecule has 6 rings (SSSR count). The van der Waals surface area contributed by atoms with Crippen molar-refractivity contribution in [2.24, 2.45) is 11.8 Å². The first-order chi connectivity index (χ1) is 23.6. The fourth-order valence-corrected chi connectivity index (χ4v) is 9.56. The van der Waals surface area contributed by atoms with Crippen LogP contribution in [0.25, 0.3) is 10.1 Å². The second-order valence-electron chi connectivity index (χ2n) is 14.8. The monoisotopic (exact) mass is 746 g/mol. The molecule has 4 aliphatic rings. The molecule has 2 aromatic rings. The van der Waals surface area contributed by atoms with Gasteiger partial charge >= 0.3 is 5.97 Å². The summed E-state index contributed by atoms with van der Waals surface area (Å²) in [6, 6.07) is 5.48. The number of hydrogen-bond donors (Lipinski definition) is 3. The zero-order valence-electron chi connectivity index (χ0n) is 28.3. The standard InChI is InChI=1S/C35H43ClN4O8S2/c1-34(2,3)48-32(44)24-13-8-6-4-5-7-11-20-18-35(20,33(45)39-50(46,47)22-15-16-22)38-29(41)25-17-21(19-40(25)31(24)43)37-30(42)28-27(36)23-12-9-10-14-26(23)49-28/h7,9-12,14,20-22,24-25H,4-6,8,13,15-19H2,1-3H3,(H,37,42)(H,38,41)(H,39,45)/b11-7-/t20-,21-,24+,25+,35-/m1/s1. The van der Waals surface area contributed by atoms with Gasteiger partial charge in [-0.05, 0) is 71.8 Å². The number of ether oxygens (including phenoxy) is 1. The average molecular weight is 747 g/mol.